The third-order valence-corrected chi connectivity index (χ3v) is 8.69. The highest BCUT2D eigenvalue weighted by Crippen LogP contribution is 2.58. The molecular weight excluding hydrogens is 514 g/mol. The molecule has 1 N–H and O–H groups in total. The van der Waals surface area contributed by atoms with Gasteiger partial charge in [-0.15, -0.1) is 0 Å². The zero-order valence-corrected chi connectivity index (χ0v) is 23.0. The number of allylic oxidation sites excluding steroid dienone is 4. The molecular formula is C39H29NO2. The molecule has 5 aromatic rings. The Labute approximate surface area is 245 Å². The molecule has 0 aliphatic heterocycles. The second-order valence-electron chi connectivity index (χ2n) is 10.9. The van der Waals surface area contributed by atoms with Gasteiger partial charge in [-0.05, 0) is 75.5 Å². The van der Waals surface area contributed by atoms with Crippen LogP contribution in [-0.2, 0) is 10.2 Å². The monoisotopic (exact) mass is 543 g/mol. The van der Waals surface area contributed by atoms with Gasteiger partial charge in [-0.3, -0.25) is 9.59 Å². The van der Waals surface area contributed by atoms with E-state index in [1.165, 1.54) is 33.4 Å². The lowest BCUT2D eigenvalue weighted by Gasteiger charge is -2.40. The Bertz CT molecular complexity index is 1850. The Morgan fingerprint density at radius 1 is 0.643 bits per heavy atom. The van der Waals surface area contributed by atoms with E-state index in [9.17, 15) is 9.59 Å². The van der Waals surface area contributed by atoms with Crippen molar-refractivity contribution in [2.75, 3.05) is 5.32 Å². The summed E-state index contributed by atoms with van der Waals surface area (Å²) in [6.45, 7) is 0. The van der Waals surface area contributed by atoms with Gasteiger partial charge in [0.2, 0.25) is 0 Å². The fourth-order valence-corrected chi connectivity index (χ4v) is 6.73. The van der Waals surface area contributed by atoms with Crippen molar-refractivity contribution in [1.29, 1.82) is 0 Å². The van der Waals surface area contributed by atoms with Crippen LogP contribution in [0.25, 0.3) is 22.3 Å². The normalized spacial score (nSPS) is 18.5. The maximum Gasteiger partial charge on any atom is 0.150 e. The highest BCUT2D eigenvalue weighted by Gasteiger charge is 2.49. The molecule has 7 rings (SSSR count). The zero-order valence-electron chi connectivity index (χ0n) is 23.0. The van der Waals surface area contributed by atoms with Gasteiger partial charge >= 0.3 is 0 Å². The van der Waals surface area contributed by atoms with Gasteiger partial charge in [0.25, 0.3) is 0 Å². The average Bonchev–Trinajstić information content (AvgIpc) is 3.36. The molecule has 0 spiro atoms. The van der Waals surface area contributed by atoms with Crippen molar-refractivity contribution >= 4 is 23.9 Å². The smallest absolute Gasteiger partial charge is 0.150 e. The minimum absolute atomic E-state index is 0.0926. The summed E-state index contributed by atoms with van der Waals surface area (Å²) >= 11 is 0. The zero-order chi connectivity index (χ0) is 28.5. The number of aldehydes is 2. The van der Waals surface area contributed by atoms with Crippen LogP contribution in [0.2, 0.25) is 0 Å². The van der Waals surface area contributed by atoms with Crippen molar-refractivity contribution in [3.05, 3.63) is 167 Å². The molecule has 0 radical (unpaired) electrons. The topological polar surface area (TPSA) is 46.2 Å². The van der Waals surface area contributed by atoms with Gasteiger partial charge in [0.1, 0.15) is 12.6 Å². The summed E-state index contributed by atoms with van der Waals surface area (Å²) in [6.07, 6.45) is 8.70. The fraction of sp³-hybridized carbons (Fsp3) is 0.0769. The van der Waals surface area contributed by atoms with Crippen LogP contribution < -0.4 is 5.32 Å². The summed E-state index contributed by atoms with van der Waals surface area (Å²) in [5.41, 5.74) is 11.3. The second-order valence-corrected chi connectivity index (χ2v) is 10.9. The van der Waals surface area contributed by atoms with E-state index in [0.29, 0.717) is 11.1 Å². The molecule has 0 heterocycles. The second kappa shape index (κ2) is 10.6. The van der Waals surface area contributed by atoms with E-state index >= 15 is 0 Å². The third-order valence-electron chi connectivity index (χ3n) is 8.69. The summed E-state index contributed by atoms with van der Waals surface area (Å²) in [5, 5.41) is 3.62. The average molecular weight is 544 g/mol. The molecule has 0 saturated carbocycles. The largest absolute Gasteiger partial charge is 0.356 e. The Morgan fingerprint density at radius 3 is 2.05 bits per heavy atom. The molecule has 0 bridgehead atoms. The van der Waals surface area contributed by atoms with E-state index < -0.39 is 5.41 Å². The predicted molar refractivity (Wildman–Crippen MR) is 170 cm³/mol. The first-order valence-electron chi connectivity index (χ1n) is 14.3. The van der Waals surface area contributed by atoms with Gasteiger partial charge in [-0.1, -0.05) is 115 Å². The van der Waals surface area contributed by atoms with E-state index in [1.807, 2.05) is 30.4 Å². The number of fused-ring (bicyclic) bond motifs is 3. The number of carbonyl (C=O) groups excluding carboxylic acids is 2. The molecule has 2 aliphatic rings. The van der Waals surface area contributed by atoms with Gasteiger partial charge in [-0.25, -0.2) is 0 Å². The molecule has 42 heavy (non-hydrogen) atoms. The quantitative estimate of drug-likeness (QED) is 0.209. The lowest BCUT2D eigenvalue weighted by atomic mass is 9.62. The van der Waals surface area contributed by atoms with Gasteiger partial charge in [0.05, 0.1) is 5.41 Å². The fourth-order valence-electron chi connectivity index (χ4n) is 6.73. The third kappa shape index (κ3) is 4.22. The molecule has 0 amide bonds. The molecule has 0 fully saturated rings. The standard InChI is InChI=1S/C39H29NO2/c41-25-27-10-16-31(17-11-27)39(32-18-12-28(26-42)13-19-32)37-9-5-4-8-35(37)36-24-34(22-23-38(36)39)40-33-20-14-30(15-21-33)29-6-2-1-3-7-29/h1-18,20-26,32,40H,19H2. The summed E-state index contributed by atoms with van der Waals surface area (Å²) < 4.78 is 0. The lowest BCUT2D eigenvalue weighted by Crippen LogP contribution is -2.35. The molecule has 0 aromatic heterocycles. The Balaban J connectivity index is 1.33. The SMILES string of the molecule is O=CC1=CCC(C2(c3ccc(C=O)cc3)c3ccccc3-c3cc(Nc4ccc(-c5ccccc5)cc4)ccc32)C=C1. The van der Waals surface area contributed by atoms with Crippen molar-refractivity contribution < 1.29 is 9.59 Å². The van der Waals surface area contributed by atoms with Gasteiger partial charge in [0.15, 0.2) is 0 Å². The van der Waals surface area contributed by atoms with Gasteiger partial charge in [-0.2, -0.15) is 0 Å². The first-order valence-corrected chi connectivity index (χ1v) is 14.3. The number of carbonyl (C=O) groups is 2. The Kier molecular flexibility index (Phi) is 6.48. The summed E-state index contributed by atoms with van der Waals surface area (Å²) in [6, 6.07) is 42.2. The van der Waals surface area contributed by atoms with Crippen LogP contribution in [0.4, 0.5) is 11.4 Å². The van der Waals surface area contributed by atoms with Crippen molar-refractivity contribution in [3.63, 3.8) is 0 Å². The number of benzene rings is 5. The van der Waals surface area contributed by atoms with Crippen molar-refractivity contribution in [3.8, 4) is 22.3 Å². The van der Waals surface area contributed by atoms with Crippen LogP contribution >= 0.6 is 0 Å². The Morgan fingerprint density at radius 2 is 1.33 bits per heavy atom. The molecule has 5 aromatic carbocycles. The van der Waals surface area contributed by atoms with Crippen LogP contribution in [0.5, 0.6) is 0 Å². The van der Waals surface area contributed by atoms with Crippen molar-refractivity contribution in [2.24, 2.45) is 5.92 Å². The molecule has 0 saturated heterocycles. The van der Waals surface area contributed by atoms with Gasteiger partial charge < -0.3 is 5.32 Å². The minimum Gasteiger partial charge on any atom is -0.356 e. The van der Waals surface area contributed by atoms with Crippen molar-refractivity contribution in [1.82, 2.24) is 0 Å². The first-order chi connectivity index (χ1) is 20.7. The van der Waals surface area contributed by atoms with Crippen LogP contribution in [0.15, 0.2) is 145 Å². The molecule has 202 valence electrons. The van der Waals surface area contributed by atoms with Crippen LogP contribution in [-0.4, -0.2) is 12.6 Å². The maximum absolute atomic E-state index is 11.5. The molecule has 3 heteroatoms. The lowest BCUT2D eigenvalue weighted by molar-refractivity contribution is -0.104. The minimum atomic E-state index is -0.468. The highest BCUT2D eigenvalue weighted by molar-refractivity contribution is 5.87. The molecule has 3 nitrogen and oxygen atoms in total. The van der Waals surface area contributed by atoms with E-state index in [2.05, 4.69) is 115 Å². The number of anilines is 2. The summed E-state index contributed by atoms with van der Waals surface area (Å²) in [7, 11) is 0. The number of nitrogens with one attached hydrogen (secondary N) is 1. The van der Waals surface area contributed by atoms with Gasteiger partial charge in [0, 0.05) is 22.5 Å². The Hall–Kier alpha value is -5.28. The highest BCUT2D eigenvalue weighted by atomic mass is 16.1. The summed E-state index contributed by atoms with van der Waals surface area (Å²) in [5.74, 6) is 0.0926. The van der Waals surface area contributed by atoms with Crippen LogP contribution in [0, 0.1) is 5.92 Å². The van der Waals surface area contributed by atoms with Crippen molar-refractivity contribution in [2.45, 2.75) is 11.8 Å². The predicted octanol–water partition coefficient (Wildman–Crippen LogP) is 8.93. The number of hydrogen-bond acceptors (Lipinski definition) is 3. The van der Waals surface area contributed by atoms with E-state index in [0.717, 1.165) is 35.9 Å². The maximum atomic E-state index is 11.5. The molecule has 2 unspecified atom stereocenters. The molecule has 2 atom stereocenters. The van der Waals surface area contributed by atoms with E-state index in [-0.39, 0.29) is 5.92 Å². The number of rotatable bonds is 7. The summed E-state index contributed by atoms with van der Waals surface area (Å²) in [4.78, 5) is 23.0. The van der Waals surface area contributed by atoms with E-state index in [4.69, 9.17) is 0 Å². The molecule has 2 aliphatic carbocycles. The van der Waals surface area contributed by atoms with E-state index in [1.54, 1.807) is 0 Å². The number of hydrogen-bond donors (Lipinski definition) is 1. The first kappa shape index (κ1) is 25.7. The van der Waals surface area contributed by atoms with Crippen LogP contribution in [0.1, 0.15) is 33.5 Å². The van der Waals surface area contributed by atoms with Crippen LogP contribution in [0.3, 0.4) is 0 Å².